The van der Waals surface area contributed by atoms with Crippen molar-refractivity contribution in [1.29, 1.82) is 0 Å². The fourth-order valence-electron chi connectivity index (χ4n) is 2.93. The van der Waals surface area contributed by atoms with Crippen molar-refractivity contribution in [3.8, 4) is 11.1 Å². The van der Waals surface area contributed by atoms with Crippen LogP contribution >= 0.6 is 0 Å². The second-order valence-electron chi connectivity index (χ2n) is 6.51. The second-order valence-corrected chi connectivity index (χ2v) is 6.51. The van der Waals surface area contributed by atoms with E-state index in [4.69, 9.17) is 0 Å². The maximum Gasteiger partial charge on any atom is 0.0761 e. The van der Waals surface area contributed by atoms with Gasteiger partial charge in [-0.2, -0.15) is 0 Å². The first-order chi connectivity index (χ1) is 11.2. The molecule has 2 rings (SSSR count). The lowest BCUT2D eigenvalue weighted by Gasteiger charge is -2.08. The number of aryl methyl sites for hydroxylation is 1. The molecule has 0 saturated heterocycles. The smallest absolute Gasteiger partial charge is 0.0761 e. The van der Waals surface area contributed by atoms with Gasteiger partial charge in [-0.1, -0.05) is 87.6 Å². The standard InChI is InChI=1S/C22H30O/c1-3-4-5-6-7-8-9-19-10-12-21(13-11-19)22-16-14-20(15-17-22)18(2)23/h10-18,23H,3-9H2,1-2H3. The molecular weight excluding hydrogens is 280 g/mol. The molecule has 0 saturated carbocycles. The van der Waals surface area contributed by atoms with Crippen molar-refractivity contribution in [2.24, 2.45) is 0 Å². The largest absolute Gasteiger partial charge is 0.389 e. The fourth-order valence-corrected chi connectivity index (χ4v) is 2.93. The van der Waals surface area contributed by atoms with Crippen LogP contribution in [0, 0.1) is 0 Å². The molecule has 0 aliphatic carbocycles. The molecule has 1 unspecified atom stereocenters. The van der Waals surface area contributed by atoms with Gasteiger partial charge in [0.1, 0.15) is 0 Å². The van der Waals surface area contributed by atoms with E-state index in [0.29, 0.717) is 0 Å². The highest BCUT2D eigenvalue weighted by molar-refractivity contribution is 5.64. The molecular formula is C22H30O. The van der Waals surface area contributed by atoms with Crippen LogP contribution in [0.25, 0.3) is 11.1 Å². The number of benzene rings is 2. The van der Waals surface area contributed by atoms with Crippen molar-refractivity contribution in [3.63, 3.8) is 0 Å². The van der Waals surface area contributed by atoms with E-state index in [1.807, 2.05) is 12.1 Å². The quantitative estimate of drug-likeness (QED) is 0.538. The molecule has 0 aliphatic rings. The van der Waals surface area contributed by atoms with E-state index in [1.165, 1.54) is 61.6 Å². The molecule has 0 amide bonds. The first kappa shape index (κ1) is 17.7. The van der Waals surface area contributed by atoms with Gasteiger partial charge in [0.05, 0.1) is 6.10 Å². The van der Waals surface area contributed by atoms with Crippen molar-refractivity contribution in [3.05, 3.63) is 59.7 Å². The van der Waals surface area contributed by atoms with Gasteiger partial charge < -0.3 is 5.11 Å². The lowest BCUT2D eigenvalue weighted by molar-refractivity contribution is 0.199. The number of aliphatic hydroxyl groups excluding tert-OH is 1. The summed E-state index contributed by atoms with van der Waals surface area (Å²) in [7, 11) is 0. The molecule has 0 fully saturated rings. The summed E-state index contributed by atoms with van der Waals surface area (Å²) in [5, 5.41) is 9.57. The number of unbranched alkanes of at least 4 members (excludes halogenated alkanes) is 5. The Labute approximate surface area is 141 Å². The molecule has 0 radical (unpaired) electrons. The van der Waals surface area contributed by atoms with Gasteiger partial charge in [0, 0.05) is 0 Å². The second kappa shape index (κ2) is 9.52. The van der Waals surface area contributed by atoms with Crippen molar-refractivity contribution >= 4 is 0 Å². The van der Waals surface area contributed by atoms with Crippen LogP contribution in [0.2, 0.25) is 0 Å². The monoisotopic (exact) mass is 310 g/mol. The molecule has 0 aromatic heterocycles. The predicted molar refractivity (Wildman–Crippen MR) is 99.6 cm³/mol. The molecule has 2 aromatic rings. The summed E-state index contributed by atoms with van der Waals surface area (Å²) in [6.45, 7) is 4.06. The lowest BCUT2D eigenvalue weighted by atomic mass is 9.99. The van der Waals surface area contributed by atoms with Gasteiger partial charge in [0.25, 0.3) is 0 Å². The van der Waals surface area contributed by atoms with Crippen molar-refractivity contribution in [2.45, 2.75) is 64.9 Å². The van der Waals surface area contributed by atoms with E-state index < -0.39 is 6.10 Å². The zero-order chi connectivity index (χ0) is 16.5. The zero-order valence-corrected chi connectivity index (χ0v) is 14.6. The minimum Gasteiger partial charge on any atom is -0.389 e. The molecule has 1 atom stereocenters. The molecule has 0 heterocycles. The minimum absolute atomic E-state index is 0.399. The maximum atomic E-state index is 9.57. The molecule has 0 bridgehead atoms. The zero-order valence-electron chi connectivity index (χ0n) is 14.6. The lowest BCUT2D eigenvalue weighted by Crippen LogP contribution is -1.90. The van der Waals surface area contributed by atoms with Gasteiger partial charge in [0.15, 0.2) is 0 Å². The van der Waals surface area contributed by atoms with Gasteiger partial charge in [-0.15, -0.1) is 0 Å². The number of hydrogen-bond donors (Lipinski definition) is 1. The van der Waals surface area contributed by atoms with Gasteiger partial charge in [-0.05, 0) is 42.0 Å². The normalized spacial score (nSPS) is 12.3. The molecule has 124 valence electrons. The van der Waals surface area contributed by atoms with Crippen LogP contribution < -0.4 is 0 Å². The Bertz CT molecular complexity index is 552. The third kappa shape index (κ3) is 5.84. The average molecular weight is 310 g/mol. The van der Waals surface area contributed by atoms with Crippen LogP contribution in [0.1, 0.15) is 69.6 Å². The van der Waals surface area contributed by atoms with Crippen LogP contribution in [-0.2, 0) is 6.42 Å². The van der Waals surface area contributed by atoms with Crippen molar-refractivity contribution in [1.82, 2.24) is 0 Å². The topological polar surface area (TPSA) is 20.2 Å². The van der Waals surface area contributed by atoms with Crippen LogP contribution in [0.5, 0.6) is 0 Å². The Morgan fingerprint density at radius 1 is 0.739 bits per heavy atom. The fraction of sp³-hybridized carbons (Fsp3) is 0.455. The van der Waals surface area contributed by atoms with Crippen LogP contribution in [0.4, 0.5) is 0 Å². The van der Waals surface area contributed by atoms with E-state index in [9.17, 15) is 5.11 Å². The van der Waals surface area contributed by atoms with E-state index in [-0.39, 0.29) is 0 Å². The van der Waals surface area contributed by atoms with Gasteiger partial charge >= 0.3 is 0 Å². The summed E-state index contributed by atoms with van der Waals surface area (Å²) in [5.41, 5.74) is 4.85. The summed E-state index contributed by atoms with van der Waals surface area (Å²) in [6.07, 6.45) is 8.90. The highest BCUT2D eigenvalue weighted by Gasteiger charge is 2.02. The summed E-state index contributed by atoms with van der Waals surface area (Å²) < 4.78 is 0. The Morgan fingerprint density at radius 2 is 1.26 bits per heavy atom. The van der Waals surface area contributed by atoms with Crippen LogP contribution in [0.15, 0.2) is 48.5 Å². The van der Waals surface area contributed by atoms with Crippen molar-refractivity contribution < 1.29 is 5.11 Å². The molecule has 2 aromatic carbocycles. The summed E-state index contributed by atoms with van der Waals surface area (Å²) >= 11 is 0. The Balaban J connectivity index is 1.84. The highest BCUT2D eigenvalue weighted by atomic mass is 16.3. The first-order valence-corrected chi connectivity index (χ1v) is 9.08. The third-order valence-electron chi connectivity index (χ3n) is 4.50. The summed E-state index contributed by atoms with van der Waals surface area (Å²) in [5.74, 6) is 0. The molecule has 0 spiro atoms. The Hall–Kier alpha value is -1.60. The summed E-state index contributed by atoms with van der Waals surface area (Å²) in [6, 6.07) is 17.1. The molecule has 1 N–H and O–H groups in total. The average Bonchev–Trinajstić information content (AvgIpc) is 2.58. The first-order valence-electron chi connectivity index (χ1n) is 9.08. The Morgan fingerprint density at radius 3 is 1.83 bits per heavy atom. The predicted octanol–water partition coefficient (Wildman–Crippen LogP) is 6.31. The van der Waals surface area contributed by atoms with Crippen molar-refractivity contribution in [2.75, 3.05) is 0 Å². The molecule has 1 nitrogen and oxygen atoms in total. The number of rotatable bonds is 9. The van der Waals surface area contributed by atoms with Gasteiger partial charge in [0.2, 0.25) is 0 Å². The summed E-state index contributed by atoms with van der Waals surface area (Å²) in [4.78, 5) is 0. The Kier molecular flexibility index (Phi) is 7.35. The van der Waals surface area contributed by atoms with E-state index in [1.54, 1.807) is 6.92 Å². The molecule has 0 aliphatic heterocycles. The van der Waals surface area contributed by atoms with Gasteiger partial charge in [-0.25, -0.2) is 0 Å². The maximum absolute atomic E-state index is 9.57. The molecule has 1 heteroatoms. The van der Waals surface area contributed by atoms with E-state index in [2.05, 4.69) is 43.3 Å². The van der Waals surface area contributed by atoms with Gasteiger partial charge in [-0.3, -0.25) is 0 Å². The van der Waals surface area contributed by atoms with Crippen LogP contribution in [0.3, 0.4) is 0 Å². The number of hydrogen-bond acceptors (Lipinski definition) is 1. The third-order valence-corrected chi connectivity index (χ3v) is 4.50. The molecule has 23 heavy (non-hydrogen) atoms. The van der Waals surface area contributed by atoms with Crippen LogP contribution in [-0.4, -0.2) is 5.11 Å². The number of aliphatic hydroxyl groups is 1. The van der Waals surface area contributed by atoms with E-state index in [0.717, 1.165) is 5.56 Å². The highest BCUT2D eigenvalue weighted by Crippen LogP contribution is 2.23. The van der Waals surface area contributed by atoms with E-state index >= 15 is 0 Å². The minimum atomic E-state index is -0.399. The SMILES string of the molecule is CCCCCCCCc1ccc(-c2ccc(C(C)O)cc2)cc1.